The lowest BCUT2D eigenvalue weighted by atomic mass is 10.2. The van der Waals surface area contributed by atoms with Crippen molar-refractivity contribution < 1.29 is 0 Å². The molecular formula is C13H19BrClN3. The van der Waals surface area contributed by atoms with E-state index in [0.717, 1.165) is 42.4 Å². The molecule has 1 aliphatic rings. The monoisotopic (exact) mass is 331 g/mol. The second-order valence-corrected chi connectivity index (χ2v) is 6.43. The quantitative estimate of drug-likeness (QED) is 0.847. The maximum atomic E-state index is 5.92. The summed E-state index contributed by atoms with van der Waals surface area (Å²) in [5, 5.41) is 0.670. The molecule has 1 fully saturated rings. The number of aromatic nitrogens is 1. The van der Waals surface area contributed by atoms with Crippen LogP contribution >= 0.6 is 27.5 Å². The first-order valence-electron chi connectivity index (χ1n) is 6.34. The van der Waals surface area contributed by atoms with Gasteiger partial charge in [0, 0.05) is 38.9 Å². The van der Waals surface area contributed by atoms with E-state index in [0.29, 0.717) is 5.02 Å². The molecule has 0 aromatic carbocycles. The zero-order valence-electron chi connectivity index (χ0n) is 10.9. The van der Waals surface area contributed by atoms with Crippen LogP contribution < -0.4 is 4.90 Å². The Labute approximate surface area is 122 Å². The van der Waals surface area contributed by atoms with Crippen LogP contribution in [0, 0.1) is 5.92 Å². The average Bonchev–Trinajstić information content (AvgIpc) is 2.30. The molecule has 18 heavy (non-hydrogen) atoms. The Balaban J connectivity index is 1.97. The summed E-state index contributed by atoms with van der Waals surface area (Å²) in [4.78, 5) is 9.25. The second-order valence-electron chi connectivity index (χ2n) is 5.14. The van der Waals surface area contributed by atoms with E-state index >= 15 is 0 Å². The third-order valence-corrected chi connectivity index (χ3v) is 3.87. The lowest BCUT2D eigenvalue weighted by Crippen LogP contribution is -2.47. The molecule has 1 aromatic heterocycles. The summed E-state index contributed by atoms with van der Waals surface area (Å²) in [5.41, 5.74) is 0. The van der Waals surface area contributed by atoms with Crippen LogP contribution in [0.3, 0.4) is 0 Å². The molecule has 0 bridgehead atoms. The van der Waals surface area contributed by atoms with Gasteiger partial charge in [-0.1, -0.05) is 25.4 Å². The summed E-state index contributed by atoms with van der Waals surface area (Å²) in [7, 11) is 0. The fraction of sp³-hybridized carbons (Fsp3) is 0.615. The molecule has 5 heteroatoms. The Morgan fingerprint density at radius 2 is 2.00 bits per heavy atom. The van der Waals surface area contributed by atoms with Gasteiger partial charge in [0.25, 0.3) is 0 Å². The van der Waals surface area contributed by atoms with Gasteiger partial charge in [-0.25, -0.2) is 4.98 Å². The highest BCUT2D eigenvalue weighted by molar-refractivity contribution is 9.10. The van der Waals surface area contributed by atoms with Crippen LogP contribution in [0.5, 0.6) is 0 Å². The predicted octanol–water partition coefficient (Wildman–Crippen LogP) is 3.28. The number of nitrogens with zero attached hydrogens (tertiary/aromatic N) is 3. The zero-order valence-corrected chi connectivity index (χ0v) is 13.2. The fourth-order valence-corrected chi connectivity index (χ4v) is 3.19. The summed E-state index contributed by atoms with van der Waals surface area (Å²) in [5.74, 6) is 1.74. The van der Waals surface area contributed by atoms with E-state index in [1.165, 1.54) is 6.54 Å². The van der Waals surface area contributed by atoms with Gasteiger partial charge >= 0.3 is 0 Å². The lowest BCUT2D eigenvalue weighted by Gasteiger charge is -2.36. The van der Waals surface area contributed by atoms with E-state index in [-0.39, 0.29) is 0 Å². The highest BCUT2D eigenvalue weighted by Crippen LogP contribution is 2.27. The fourth-order valence-electron chi connectivity index (χ4n) is 2.30. The van der Waals surface area contributed by atoms with Gasteiger partial charge in [0.2, 0.25) is 0 Å². The van der Waals surface area contributed by atoms with Crippen LogP contribution in [0.2, 0.25) is 5.02 Å². The molecule has 1 saturated heterocycles. The van der Waals surface area contributed by atoms with Crippen molar-refractivity contribution in [3.8, 4) is 0 Å². The van der Waals surface area contributed by atoms with E-state index in [1.54, 1.807) is 6.20 Å². The first-order valence-corrected chi connectivity index (χ1v) is 7.51. The maximum absolute atomic E-state index is 5.92. The van der Waals surface area contributed by atoms with E-state index in [1.807, 2.05) is 6.07 Å². The number of hydrogen-bond acceptors (Lipinski definition) is 3. The largest absolute Gasteiger partial charge is 0.353 e. The number of rotatable bonds is 3. The molecule has 1 aromatic rings. The molecule has 0 atom stereocenters. The van der Waals surface area contributed by atoms with E-state index in [9.17, 15) is 0 Å². The highest BCUT2D eigenvalue weighted by atomic mass is 79.9. The van der Waals surface area contributed by atoms with Gasteiger partial charge < -0.3 is 4.90 Å². The molecular weight excluding hydrogens is 314 g/mol. The predicted molar refractivity (Wildman–Crippen MR) is 80.4 cm³/mol. The summed E-state index contributed by atoms with van der Waals surface area (Å²) in [6.45, 7) is 9.99. The summed E-state index contributed by atoms with van der Waals surface area (Å²) < 4.78 is 0.979. The van der Waals surface area contributed by atoms with Gasteiger partial charge in [-0.15, -0.1) is 0 Å². The minimum atomic E-state index is 0.670. The van der Waals surface area contributed by atoms with Gasteiger partial charge in [0.15, 0.2) is 0 Å². The van der Waals surface area contributed by atoms with Crippen molar-refractivity contribution in [3.05, 3.63) is 21.8 Å². The SMILES string of the molecule is CC(C)CN1CCN(c2ncc(Cl)cc2Br)CC1. The second kappa shape index (κ2) is 6.22. The minimum Gasteiger partial charge on any atom is -0.353 e. The Bertz CT molecular complexity index is 403. The summed E-state index contributed by atoms with van der Waals surface area (Å²) in [6, 6.07) is 1.91. The number of halogens is 2. The molecule has 1 aliphatic heterocycles. The number of hydrogen-bond donors (Lipinski definition) is 0. The van der Waals surface area contributed by atoms with Crippen molar-refractivity contribution >= 4 is 33.3 Å². The van der Waals surface area contributed by atoms with Crippen LogP contribution in [0.4, 0.5) is 5.82 Å². The maximum Gasteiger partial charge on any atom is 0.143 e. The van der Waals surface area contributed by atoms with Crippen molar-refractivity contribution in [1.82, 2.24) is 9.88 Å². The van der Waals surface area contributed by atoms with Gasteiger partial charge in [0.05, 0.1) is 9.50 Å². The lowest BCUT2D eigenvalue weighted by molar-refractivity contribution is 0.231. The highest BCUT2D eigenvalue weighted by Gasteiger charge is 2.20. The standard InChI is InChI=1S/C13H19BrClN3/c1-10(2)9-17-3-5-18(6-4-17)13-12(14)7-11(15)8-16-13/h7-8,10H,3-6,9H2,1-2H3. The molecule has 3 nitrogen and oxygen atoms in total. The summed E-state index contributed by atoms with van der Waals surface area (Å²) >= 11 is 9.45. The molecule has 100 valence electrons. The Hall–Kier alpha value is -0.320. The zero-order chi connectivity index (χ0) is 13.1. The Morgan fingerprint density at radius 1 is 1.33 bits per heavy atom. The third-order valence-electron chi connectivity index (χ3n) is 3.08. The molecule has 0 aliphatic carbocycles. The van der Waals surface area contributed by atoms with Crippen LogP contribution in [0.1, 0.15) is 13.8 Å². The van der Waals surface area contributed by atoms with Crippen molar-refractivity contribution in [2.24, 2.45) is 5.92 Å². The third kappa shape index (κ3) is 3.59. The molecule has 0 saturated carbocycles. The number of anilines is 1. The smallest absolute Gasteiger partial charge is 0.143 e. The van der Waals surface area contributed by atoms with E-state index in [2.05, 4.69) is 44.6 Å². The van der Waals surface area contributed by atoms with Crippen molar-refractivity contribution in [2.75, 3.05) is 37.6 Å². The van der Waals surface area contributed by atoms with Gasteiger partial charge in [-0.3, -0.25) is 4.90 Å². The minimum absolute atomic E-state index is 0.670. The first-order chi connectivity index (χ1) is 8.56. The Morgan fingerprint density at radius 3 is 2.56 bits per heavy atom. The molecule has 0 unspecified atom stereocenters. The van der Waals surface area contributed by atoms with Crippen molar-refractivity contribution in [2.45, 2.75) is 13.8 Å². The van der Waals surface area contributed by atoms with Gasteiger partial charge in [0.1, 0.15) is 5.82 Å². The van der Waals surface area contributed by atoms with Gasteiger partial charge in [-0.2, -0.15) is 0 Å². The molecule has 0 spiro atoms. The van der Waals surface area contributed by atoms with Crippen LogP contribution in [0.15, 0.2) is 16.7 Å². The molecule has 0 amide bonds. The number of piperazine rings is 1. The molecule has 2 rings (SSSR count). The summed E-state index contributed by atoms with van der Waals surface area (Å²) in [6.07, 6.45) is 1.71. The van der Waals surface area contributed by atoms with Crippen molar-refractivity contribution in [1.29, 1.82) is 0 Å². The van der Waals surface area contributed by atoms with Crippen molar-refractivity contribution in [3.63, 3.8) is 0 Å². The van der Waals surface area contributed by atoms with Gasteiger partial charge in [-0.05, 0) is 27.9 Å². The topological polar surface area (TPSA) is 19.4 Å². The average molecular weight is 333 g/mol. The normalized spacial score (nSPS) is 17.5. The molecule has 0 N–H and O–H groups in total. The van der Waals surface area contributed by atoms with E-state index < -0.39 is 0 Å². The van der Waals surface area contributed by atoms with Crippen LogP contribution in [-0.2, 0) is 0 Å². The van der Waals surface area contributed by atoms with E-state index in [4.69, 9.17) is 11.6 Å². The number of pyridine rings is 1. The Kier molecular flexibility index (Phi) is 4.87. The van der Waals surface area contributed by atoms with Crippen LogP contribution in [0.25, 0.3) is 0 Å². The van der Waals surface area contributed by atoms with Crippen LogP contribution in [-0.4, -0.2) is 42.6 Å². The first kappa shape index (κ1) is 14.1. The molecule has 0 radical (unpaired) electrons. The molecule has 2 heterocycles.